The minimum atomic E-state index is 0.888. The standard InChI is InChI=1S/C36H23NOS/c1-2-11-25(12-3-1)37(31-17-10-19-33-36(31)29-15-5-8-18-32(29)38-33)30-16-7-4-13-26(30)24-21-22-28-27-14-6-9-20-34(27)39-35(28)23-24/h1-23H. The van der Waals surface area contributed by atoms with Gasteiger partial charge in [-0.25, -0.2) is 0 Å². The second-order valence-electron chi connectivity index (χ2n) is 9.75. The second-order valence-corrected chi connectivity index (χ2v) is 10.8. The third kappa shape index (κ3) is 3.55. The lowest BCUT2D eigenvalue weighted by atomic mass is 9.99. The summed E-state index contributed by atoms with van der Waals surface area (Å²) in [6.45, 7) is 0. The molecule has 0 aliphatic carbocycles. The molecule has 3 heteroatoms. The lowest BCUT2D eigenvalue weighted by molar-refractivity contribution is 0.669. The van der Waals surface area contributed by atoms with E-state index in [4.69, 9.17) is 4.42 Å². The van der Waals surface area contributed by atoms with Crippen molar-refractivity contribution in [2.24, 2.45) is 0 Å². The molecule has 8 aromatic rings. The van der Waals surface area contributed by atoms with Gasteiger partial charge in [0.05, 0.1) is 16.8 Å². The van der Waals surface area contributed by atoms with E-state index in [0.717, 1.165) is 39.0 Å². The van der Waals surface area contributed by atoms with Crippen molar-refractivity contribution >= 4 is 70.5 Å². The number of para-hydroxylation sites is 3. The van der Waals surface area contributed by atoms with E-state index < -0.39 is 0 Å². The average Bonchev–Trinajstić information content (AvgIpc) is 3.56. The summed E-state index contributed by atoms with van der Waals surface area (Å²) in [4.78, 5) is 2.37. The quantitative estimate of drug-likeness (QED) is 0.231. The summed E-state index contributed by atoms with van der Waals surface area (Å²) in [5.41, 5.74) is 7.50. The number of rotatable bonds is 4. The van der Waals surface area contributed by atoms with Gasteiger partial charge in [0.2, 0.25) is 0 Å². The summed E-state index contributed by atoms with van der Waals surface area (Å²) < 4.78 is 8.91. The van der Waals surface area contributed by atoms with Crippen molar-refractivity contribution in [3.05, 3.63) is 140 Å². The fourth-order valence-corrected chi connectivity index (χ4v) is 6.88. The molecule has 6 aromatic carbocycles. The van der Waals surface area contributed by atoms with Gasteiger partial charge in [-0.2, -0.15) is 0 Å². The van der Waals surface area contributed by atoms with Crippen LogP contribution in [-0.2, 0) is 0 Å². The van der Waals surface area contributed by atoms with Gasteiger partial charge in [-0.1, -0.05) is 91.0 Å². The molecule has 2 heterocycles. The topological polar surface area (TPSA) is 16.4 Å². The number of hydrogen-bond acceptors (Lipinski definition) is 3. The molecule has 0 bridgehead atoms. The van der Waals surface area contributed by atoms with Crippen LogP contribution in [-0.4, -0.2) is 0 Å². The first-order chi connectivity index (χ1) is 19.3. The van der Waals surface area contributed by atoms with E-state index in [0.29, 0.717) is 0 Å². The van der Waals surface area contributed by atoms with Crippen LogP contribution in [0.25, 0.3) is 53.2 Å². The van der Waals surface area contributed by atoms with Crippen molar-refractivity contribution in [1.82, 2.24) is 0 Å². The van der Waals surface area contributed by atoms with E-state index in [1.54, 1.807) is 0 Å². The highest BCUT2D eigenvalue weighted by Gasteiger charge is 2.21. The highest BCUT2D eigenvalue weighted by molar-refractivity contribution is 7.25. The first-order valence-electron chi connectivity index (χ1n) is 13.1. The minimum Gasteiger partial charge on any atom is -0.456 e. The Labute approximate surface area is 230 Å². The summed E-state index contributed by atoms with van der Waals surface area (Å²) in [6.07, 6.45) is 0. The van der Waals surface area contributed by atoms with Crippen molar-refractivity contribution in [2.45, 2.75) is 0 Å². The summed E-state index contributed by atoms with van der Waals surface area (Å²) in [5.74, 6) is 0. The largest absolute Gasteiger partial charge is 0.456 e. The Hall–Kier alpha value is -4.86. The van der Waals surface area contributed by atoms with E-state index in [1.807, 2.05) is 23.5 Å². The summed E-state index contributed by atoms with van der Waals surface area (Å²) in [6, 6.07) is 49.5. The molecule has 2 aromatic heterocycles. The van der Waals surface area contributed by atoms with Crippen LogP contribution in [0, 0.1) is 0 Å². The molecule has 0 saturated carbocycles. The van der Waals surface area contributed by atoms with Crippen molar-refractivity contribution < 1.29 is 4.42 Å². The predicted molar refractivity (Wildman–Crippen MR) is 167 cm³/mol. The summed E-state index contributed by atoms with van der Waals surface area (Å²) in [7, 11) is 0. The number of nitrogens with zero attached hydrogens (tertiary/aromatic N) is 1. The van der Waals surface area contributed by atoms with Gasteiger partial charge in [0, 0.05) is 36.8 Å². The highest BCUT2D eigenvalue weighted by atomic mass is 32.1. The smallest absolute Gasteiger partial charge is 0.137 e. The molecule has 0 N–H and O–H groups in total. The number of thiophene rings is 1. The Bertz CT molecular complexity index is 2140. The van der Waals surface area contributed by atoms with Crippen molar-refractivity contribution in [1.29, 1.82) is 0 Å². The van der Waals surface area contributed by atoms with E-state index in [2.05, 4.69) is 132 Å². The molecule has 0 fully saturated rings. The van der Waals surface area contributed by atoms with Gasteiger partial charge in [-0.15, -0.1) is 11.3 Å². The normalized spacial score (nSPS) is 11.6. The maximum Gasteiger partial charge on any atom is 0.137 e. The van der Waals surface area contributed by atoms with Crippen LogP contribution in [0.5, 0.6) is 0 Å². The molecule has 0 atom stereocenters. The monoisotopic (exact) mass is 517 g/mol. The molecule has 0 unspecified atom stereocenters. The third-order valence-corrected chi connectivity index (χ3v) is 8.60. The zero-order valence-electron chi connectivity index (χ0n) is 21.0. The van der Waals surface area contributed by atoms with Crippen molar-refractivity contribution in [2.75, 3.05) is 4.90 Å². The van der Waals surface area contributed by atoms with Crippen LogP contribution < -0.4 is 4.90 Å². The molecule has 8 rings (SSSR count). The Kier molecular flexibility index (Phi) is 5.04. The number of anilines is 3. The Morgan fingerprint density at radius 3 is 2.10 bits per heavy atom. The van der Waals surface area contributed by atoms with Gasteiger partial charge < -0.3 is 9.32 Å². The minimum absolute atomic E-state index is 0.888. The molecule has 2 nitrogen and oxygen atoms in total. The number of hydrogen-bond donors (Lipinski definition) is 0. The molecule has 39 heavy (non-hydrogen) atoms. The molecule has 0 radical (unpaired) electrons. The molecule has 0 amide bonds. The number of fused-ring (bicyclic) bond motifs is 6. The summed E-state index contributed by atoms with van der Waals surface area (Å²) >= 11 is 1.86. The van der Waals surface area contributed by atoms with Crippen molar-refractivity contribution in [3.8, 4) is 11.1 Å². The lowest BCUT2D eigenvalue weighted by Crippen LogP contribution is -2.11. The summed E-state index contributed by atoms with van der Waals surface area (Å²) in [5, 5.41) is 4.87. The molecule has 0 aliphatic heterocycles. The second kappa shape index (κ2) is 8.87. The first kappa shape index (κ1) is 22.2. The highest BCUT2D eigenvalue weighted by Crippen LogP contribution is 2.46. The maximum absolute atomic E-state index is 6.28. The van der Waals surface area contributed by atoms with Crippen LogP contribution >= 0.6 is 11.3 Å². The van der Waals surface area contributed by atoms with Crippen LogP contribution in [0.4, 0.5) is 17.1 Å². The van der Waals surface area contributed by atoms with Gasteiger partial charge in [0.15, 0.2) is 0 Å². The number of furan rings is 1. The zero-order valence-corrected chi connectivity index (χ0v) is 21.9. The molecular formula is C36H23NOS. The number of benzene rings is 6. The lowest BCUT2D eigenvalue weighted by Gasteiger charge is -2.28. The van der Waals surface area contributed by atoms with Crippen LogP contribution in [0.2, 0.25) is 0 Å². The molecule has 0 saturated heterocycles. The van der Waals surface area contributed by atoms with Crippen molar-refractivity contribution in [3.63, 3.8) is 0 Å². The van der Waals surface area contributed by atoms with E-state index in [1.165, 1.54) is 31.3 Å². The van der Waals surface area contributed by atoms with Crippen LogP contribution in [0.3, 0.4) is 0 Å². The van der Waals surface area contributed by atoms with Gasteiger partial charge >= 0.3 is 0 Å². The molecule has 0 spiro atoms. The van der Waals surface area contributed by atoms with Gasteiger partial charge in [0.25, 0.3) is 0 Å². The Morgan fingerprint density at radius 2 is 1.18 bits per heavy atom. The average molecular weight is 518 g/mol. The maximum atomic E-state index is 6.28. The SMILES string of the molecule is c1ccc(N(c2ccccc2-c2ccc3c(c2)sc2ccccc23)c2cccc3oc4ccccc4c23)cc1. The van der Waals surface area contributed by atoms with E-state index >= 15 is 0 Å². The Balaban J connectivity index is 1.39. The zero-order chi connectivity index (χ0) is 25.8. The van der Waals surface area contributed by atoms with Gasteiger partial charge in [-0.3, -0.25) is 0 Å². The van der Waals surface area contributed by atoms with E-state index in [-0.39, 0.29) is 0 Å². The van der Waals surface area contributed by atoms with Crippen LogP contribution in [0.15, 0.2) is 144 Å². The molecular weight excluding hydrogens is 494 g/mol. The molecule has 0 aliphatic rings. The van der Waals surface area contributed by atoms with Gasteiger partial charge in [0.1, 0.15) is 11.2 Å². The predicted octanol–water partition coefficient (Wildman–Crippen LogP) is 11.1. The molecule has 184 valence electrons. The first-order valence-corrected chi connectivity index (χ1v) is 13.9. The van der Waals surface area contributed by atoms with E-state index in [9.17, 15) is 0 Å². The van der Waals surface area contributed by atoms with Crippen LogP contribution in [0.1, 0.15) is 0 Å². The Morgan fingerprint density at radius 1 is 0.487 bits per heavy atom. The third-order valence-electron chi connectivity index (χ3n) is 7.47. The fraction of sp³-hybridized carbons (Fsp3) is 0. The van der Waals surface area contributed by atoms with Gasteiger partial charge in [-0.05, 0) is 54.1 Å². The fourth-order valence-electron chi connectivity index (χ4n) is 5.73.